The quantitative estimate of drug-likeness (QED) is 0.755. The van der Waals surface area contributed by atoms with Crippen LogP contribution in [-0.2, 0) is 9.47 Å². The Balaban J connectivity index is 1.87. The van der Waals surface area contributed by atoms with Crippen LogP contribution in [0.1, 0.15) is 39.0 Å². The van der Waals surface area contributed by atoms with Crippen molar-refractivity contribution in [2.45, 2.75) is 56.7 Å². The van der Waals surface area contributed by atoms with Crippen LogP contribution in [0.25, 0.3) is 0 Å². The van der Waals surface area contributed by atoms with E-state index in [0.717, 1.165) is 51.9 Å². The van der Waals surface area contributed by atoms with Crippen LogP contribution in [-0.4, -0.2) is 37.5 Å². The SMILES string of the molecule is C#CC(CCC)NC1CCOC2(CCOC2)C1. The highest BCUT2D eigenvalue weighted by Gasteiger charge is 2.41. The van der Waals surface area contributed by atoms with Crippen LogP contribution in [0.3, 0.4) is 0 Å². The number of hydrogen-bond donors (Lipinski definition) is 1. The zero-order valence-electron chi connectivity index (χ0n) is 10.7. The summed E-state index contributed by atoms with van der Waals surface area (Å²) >= 11 is 0. The van der Waals surface area contributed by atoms with Crippen molar-refractivity contribution in [1.82, 2.24) is 5.32 Å². The Labute approximate surface area is 104 Å². The van der Waals surface area contributed by atoms with Crippen molar-refractivity contribution >= 4 is 0 Å². The van der Waals surface area contributed by atoms with Gasteiger partial charge < -0.3 is 14.8 Å². The van der Waals surface area contributed by atoms with Gasteiger partial charge in [0.1, 0.15) is 0 Å². The van der Waals surface area contributed by atoms with E-state index in [-0.39, 0.29) is 11.6 Å². The molecule has 0 aliphatic carbocycles. The van der Waals surface area contributed by atoms with E-state index in [1.807, 2.05) is 0 Å². The smallest absolute Gasteiger partial charge is 0.0951 e. The molecular weight excluding hydrogens is 214 g/mol. The van der Waals surface area contributed by atoms with Crippen molar-refractivity contribution in [3.8, 4) is 12.3 Å². The molecule has 2 fully saturated rings. The molecule has 0 amide bonds. The van der Waals surface area contributed by atoms with Gasteiger partial charge in [-0.05, 0) is 19.3 Å². The third kappa shape index (κ3) is 3.22. The lowest BCUT2D eigenvalue weighted by Gasteiger charge is -2.38. The predicted molar refractivity (Wildman–Crippen MR) is 67.8 cm³/mol. The first-order valence-corrected chi connectivity index (χ1v) is 6.72. The standard InChI is InChI=1S/C14H23NO2/c1-3-5-12(4-2)15-13-6-8-17-14(10-13)7-9-16-11-14/h2,12-13,15H,3,5-11H2,1H3. The number of ether oxygens (including phenoxy) is 2. The Bertz CT molecular complexity index is 278. The molecule has 2 aliphatic rings. The Morgan fingerprint density at radius 1 is 1.53 bits per heavy atom. The molecule has 3 heteroatoms. The van der Waals surface area contributed by atoms with Gasteiger partial charge in [0.15, 0.2) is 0 Å². The molecule has 0 aromatic carbocycles. The van der Waals surface area contributed by atoms with E-state index in [0.29, 0.717) is 6.04 Å². The summed E-state index contributed by atoms with van der Waals surface area (Å²) < 4.78 is 11.4. The fourth-order valence-corrected chi connectivity index (χ4v) is 2.82. The number of hydrogen-bond acceptors (Lipinski definition) is 3. The molecule has 2 rings (SSSR count). The average Bonchev–Trinajstić information content (AvgIpc) is 2.77. The molecule has 0 aromatic heterocycles. The minimum absolute atomic E-state index is 0.0265. The van der Waals surface area contributed by atoms with E-state index in [1.165, 1.54) is 0 Å². The molecular formula is C14H23NO2. The summed E-state index contributed by atoms with van der Waals surface area (Å²) in [4.78, 5) is 0. The zero-order valence-corrected chi connectivity index (χ0v) is 10.7. The molecule has 3 atom stereocenters. The largest absolute Gasteiger partial charge is 0.378 e. The lowest BCUT2D eigenvalue weighted by molar-refractivity contribution is -0.0898. The highest BCUT2D eigenvalue weighted by molar-refractivity contribution is 5.01. The second-order valence-corrected chi connectivity index (χ2v) is 5.20. The van der Waals surface area contributed by atoms with Gasteiger partial charge in [0.2, 0.25) is 0 Å². The molecule has 2 aliphatic heterocycles. The van der Waals surface area contributed by atoms with Crippen LogP contribution in [0.15, 0.2) is 0 Å². The highest BCUT2D eigenvalue weighted by atomic mass is 16.6. The Hall–Kier alpha value is -0.560. The summed E-state index contributed by atoms with van der Waals surface area (Å²) in [6.45, 7) is 4.58. The van der Waals surface area contributed by atoms with Gasteiger partial charge in [0.05, 0.1) is 18.2 Å². The van der Waals surface area contributed by atoms with Gasteiger partial charge in [-0.1, -0.05) is 19.3 Å². The monoisotopic (exact) mass is 237 g/mol. The lowest BCUT2D eigenvalue weighted by atomic mass is 9.89. The molecule has 0 aromatic rings. The summed E-state index contributed by atoms with van der Waals surface area (Å²) in [7, 11) is 0. The van der Waals surface area contributed by atoms with Crippen LogP contribution in [0, 0.1) is 12.3 Å². The van der Waals surface area contributed by atoms with Crippen LogP contribution in [0.2, 0.25) is 0 Å². The van der Waals surface area contributed by atoms with Crippen LogP contribution in [0.4, 0.5) is 0 Å². The van der Waals surface area contributed by atoms with Crippen LogP contribution < -0.4 is 5.32 Å². The van der Waals surface area contributed by atoms with E-state index >= 15 is 0 Å². The Morgan fingerprint density at radius 3 is 3.06 bits per heavy atom. The van der Waals surface area contributed by atoms with Gasteiger partial charge in [0.25, 0.3) is 0 Å². The van der Waals surface area contributed by atoms with Gasteiger partial charge in [-0.15, -0.1) is 6.42 Å². The van der Waals surface area contributed by atoms with E-state index in [1.54, 1.807) is 0 Å². The third-order valence-electron chi connectivity index (χ3n) is 3.78. The van der Waals surface area contributed by atoms with Crippen LogP contribution in [0.5, 0.6) is 0 Å². The molecule has 0 radical (unpaired) electrons. The normalized spacial score (nSPS) is 34.7. The second kappa shape index (κ2) is 5.86. The molecule has 3 unspecified atom stereocenters. The maximum Gasteiger partial charge on any atom is 0.0951 e. The lowest BCUT2D eigenvalue weighted by Crippen LogP contribution is -2.49. The van der Waals surface area contributed by atoms with Crippen molar-refractivity contribution in [1.29, 1.82) is 0 Å². The number of rotatable bonds is 4. The molecule has 0 saturated carbocycles. The maximum absolute atomic E-state index is 5.92. The highest BCUT2D eigenvalue weighted by Crippen LogP contribution is 2.32. The van der Waals surface area contributed by atoms with E-state index in [4.69, 9.17) is 15.9 Å². The van der Waals surface area contributed by atoms with Gasteiger partial charge in [-0.2, -0.15) is 0 Å². The first-order valence-electron chi connectivity index (χ1n) is 6.72. The molecule has 96 valence electrons. The summed E-state index contributed by atoms with van der Waals surface area (Å²) in [5.74, 6) is 2.85. The molecule has 1 N–H and O–H groups in total. The van der Waals surface area contributed by atoms with Crippen molar-refractivity contribution < 1.29 is 9.47 Å². The average molecular weight is 237 g/mol. The third-order valence-corrected chi connectivity index (χ3v) is 3.78. The topological polar surface area (TPSA) is 30.5 Å². The number of nitrogens with one attached hydrogen (secondary N) is 1. The number of terminal acetylenes is 1. The van der Waals surface area contributed by atoms with Crippen molar-refractivity contribution in [2.24, 2.45) is 0 Å². The van der Waals surface area contributed by atoms with Crippen LogP contribution >= 0.6 is 0 Å². The first kappa shape index (κ1) is 12.9. The first-order chi connectivity index (χ1) is 8.28. The molecule has 1 spiro atoms. The van der Waals surface area contributed by atoms with Crippen molar-refractivity contribution in [2.75, 3.05) is 19.8 Å². The molecule has 0 bridgehead atoms. The minimum atomic E-state index is -0.0265. The van der Waals surface area contributed by atoms with Crippen molar-refractivity contribution in [3.05, 3.63) is 0 Å². The minimum Gasteiger partial charge on any atom is -0.378 e. The van der Waals surface area contributed by atoms with Gasteiger partial charge in [0, 0.05) is 25.7 Å². The fourth-order valence-electron chi connectivity index (χ4n) is 2.82. The van der Waals surface area contributed by atoms with Crippen molar-refractivity contribution in [3.63, 3.8) is 0 Å². The van der Waals surface area contributed by atoms with E-state index in [2.05, 4.69) is 18.2 Å². The predicted octanol–water partition coefficient (Wildman–Crippen LogP) is 1.72. The molecule has 3 nitrogen and oxygen atoms in total. The van der Waals surface area contributed by atoms with E-state index in [9.17, 15) is 0 Å². The Kier molecular flexibility index (Phi) is 4.44. The zero-order chi connectivity index (χ0) is 12.1. The summed E-state index contributed by atoms with van der Waals surface area (Å²) in [5.41, 5.74) is -0.0265. The van der Waals surface area contributed by atoms with E-state index < -0.39 is 0 Å². The second-order valence-electron chi connectivity index (χ2n) is 5.20. The summed E-state index contributed by atoms with van der Waals surface area (Å²) in [6, 6.07) is 0.695. The summed E-state index contributed by atoms with van der Waals surface area (Å²) in [6.07, 6.45) is 10.9. The Morgan fingerprint density at radius 2 is 2.41 bits per heavy atom. The summed E-state index contributed by atoms with van der Waals surface area (Å²) in [5, 5.41) is 3.59. The maximum atomic E-state index is 5.92. The van der Waals surface area contributed by atoms with Gasteiger partial charge in [-0.3, -0.25) is 0 Å². The van der Waals surface area contributed by atoms with Gasteiger partial charge in [-0.25, -0.2) is 0 Å². The molecule has 17 heavy (non-hydrogen) atoms. The molecule has 2 saturated heterocycles. The fraction of sp³-hybridized carbons (Fsp3) is 0.857. The molecule has 2 heterocycles. The van der Waals surface area contributed by atoms with Gasteiger partial charge >= 0.3 is 0 Å².